The van der Waals surface area contributed by atoms with Gasteiger partial charge < -0.3 is 9.32 Å². The first-order chi connectivity index (χ1) is 12.5. The molecule has 26 heavy (non-hydrogen) atoms. The van der Waals surface area contributed by atoms with Gasteiger partial charge in [-0.1, -0.05) is 30.3 Å². The van der Waals surface area contributed by atoms with Gasteiger partial charge in [0.05, 0.1) is 6.54 Å². The molecule has 7 heteroatoms. The summed E-state index contributed by atoms with van der Waals surface area (Å²) in [6.07, 6.45) is -1.42. The van der Waals surface area contributed by atoms with Crippen molar-refractivity contribution in [2.45, 2.75) is 26.2 Å². The van der Waals surface area contributed by atoms with E-state index in [-0.39, 0.29) is 35.4 Å². The first-order valence-corrected chi connectivity index (χ1v) is 8.16. The summed E-state index contributed by atoms with van der Waals surface area (Å²) in [5.41, 5.74) is 1.83. The lowest BCUT2D eigenvalue weighted by molar-refractivity contribution is 0.0766. The van der Waals surface area contributed by atoms with Crippen molar-refractivity contribution >= 4 is 5.91 Å². The van der Waals surface area contributed by atoms with Crippen LogP contribution in [0.4, 0.5) is 8.78 Å². The Kier molecular flexibility index (Phi) is 3.99. The molecular weight excluding hydrogens is 340 g/mol. The SMILES string of the molecule is CC(F)c1nnc(-c2cc(F)c3c(c2)C(=O)N(Cc2ccccc2)C3)o1. The molecule has 5 nitrogen and oxygen atoms in total. The molecule has 1 aliphatic heterocycles. The summed E-state index contributed by atoms with van der Waals surface area (Å²) in [5.74, 6) is -0.976. The molecule has 0 saturated carbocycles. The number of halogens is 2. The van der Waals surface area contributed by atoms with E-state index in [0.29, 0.717) is 12.1 Å². The smallest absolute Gasteiger partial charge is 0.254 e. The van der Waals surface area contributed by atoms with Crippen LogP contribution >= 0.6 is 0 Å². The van der Waals surface area contributed by atoms with E-state index in [1.54, 1.807) is 4.90 Å². The quantitative estimate of drug-likeness (QED) is 0.708. The van der Waals surface area contributed by atoms with E-state index in [2.05, 4.69) is 10.2 Å². The number of rotatable bonds is 4. The maximum Gasteiger partial charge on any atom is 0.254 e. The molecule has 0 radical (unpaired) electrons. The van der Waals surface area contributed by atoms with Crippen molar-refractivity contribution in [2.24, 2.45) is 0 Å². The van der Waals surface area contributed by atoms with Crippen molar-refractivity contribution < 1.29 is 18.0 Å². The summed E-state index contributed by atoms with van der Waals surface area (Å²) < 4.78 is 33.0. The maximum atomic E-state index is 14.5. The fourth-order valence-electron chi connectivity index (χ4n) is 2.99. The highest BCUT2D eigenvalue weighted by Gasteiger charge is 2.31. The van der Waals surface area contributed by atoms with Crippen molar-refractivity contribution in [3.63, 3.8) is 0 Å². The average Bonchev–Trinajstić information content (AvgIpc) is 3.23. The number of aromatic nitrogens is 2. The Morgan fingerprint density at radius 1 is 1.23 bits per heavy atom. The molecule has 2 heterocycles. The van der Waals surface area contributed by atoms with Crippen LogP contribution in [-0.2, 0) is 13.1 Å². The van der Waals surface area contributed by atoms with Gasteiger partial charge in [0.1, 0.15) is 5.82 Å². The predicted molar refractivity (Wildman–Crippen MR) is 89.2 cm³/mol. The van der Waals surface area contributed by atoms with Gasteiger partial charge in [0.2, 0.25) is 5.89 Å². The number of fused-ring (bicyclic) bond motifs is 1. The van der Waals surface area contributed by atoms with Crippen LogP contribution in [0.15, 0.2) is 46.9 Å². The molecule has 0 fully saturated rings. The van der Waals surface area contributed by atoms with Gasteiger partial charge in [0.15, 0.2) is 6.17 Å². The summed E-state index contributed by atoms with van der Waals surface area (Å²) in [6.45, 7) is 1.87. The molecule has 0 saturated heterocycles. The third kappa shape index (κ3) is 2.85. The first-order valence-electron chi connectivity index (χ1n) is 8.16. The molecule has 4 rings (SSSR count). The maximum absolute atomic E-state index is 14.5. The zero-order chi connectivity index (χ0) is 18.3. The van der Waals surface area contributed by atoms with Gasteiger partial charge in [0, 0.05) is 23.2 Å². The highest BCUT2D eigenvalue weighted by atomic mass is 19.1. The van der Waals surface area contributed by atoms with E-state index in [1.807, 2.05) is 30.3 Å². The number of benzene rings is 2. The normalized spacial score (nSPS) is 14.6. The van der Waals surface area contributed by atoms with E-state index < -0.39 is 12.0 Å². The lowest BCUT2D eigenvalue weighted by atomic mass is 10.1. The van der Waals surface area contributed by atoms with Crippen molar-refractivity contribution in [1.82, 2.24) is 15.1 Å². The zero-order valence-corrected chi connectivity index (χ0v) is 13.9. The van der Waals surface area contributed by atoms with Gasteiger partial charge in [-0.25, -0.2) is 8.78 Å². The van der Waals surface area contributed by atoms with Gasteiger partial charge in [-0.2, -0.15) is 0 Å². The molecule has 1 amide bonds. The molecule has 0 N–H and O–H groups in total. The Hall–Kier alpha value is -3.09. The monoisotopic (exact) mass is 355 g/mol. The first kappa shape index (κ1) is 16.4. The van der Waals surface area contributed by atoms with Gasteiger partial charge in [0.25, 0.3) is 11.8 Å². The summed E-state index contributed by atoms with van der Waals surface area (Å²) in [7, 11) is 0. The lowest BCUT2D eigenvalue weighted by Crippen LogP contribution is -2.23. The molecule has 0 aliphatic carbocycles. The second-order valence-electron chi connectivity index (χ2n) is 6.19. The second kappa shape index (κ2) is 6.33. The minimum atomic E-state index is -1.42. The number of hydrogen-bond donors (Lipinski definition) is 0. The lowest BCUT2D eigenvalue weighted by Gasteiger charge is -2.15. The van der Waals surface area contributed by atoms with Gasteiger partial charge in [-0.05, 0) is 24.6 Å². The van der Waals surface area contributed by atoms with Gasteiger partial charge in [-0.15, -0.1) is 10.2 Å². The molecular formula is C19H15F2N3O2. The molecule has 0 spiro atoms. The Bertz CT molecular complexity index is 970. The van der Waals surface area contributed by atoms with Crippen LogP contribution in [0.1, 0.15) is 40.5 Å². The molecule has 1 atom stereocenters. The molecule has 0 bridgehead atoms. The average molecular weight is 355 g/mol. The van der Waals surface area contributed by atoms with Crippen LogP contribution in [0.5, 0.6) is 0 Å². The van der Waals surface area contributed by atoms with Crippen molar-refractivity contribution in [3.05, 3.63) is 70.9 Å². The van der Waals surface area contributed by atoms with Crippen molar-refractivity contribution in [1.29, 1.82) is 0 Å². The molecule has 3 aromatic rings. The van der Waals surface area contributed by atoms with Crippen LogP contribution in [0, 0.1) is 5.82 Å². The molecule has 2 aromatic carbocycles. The number of hydrogen-bond acceptors (Lipinski definition) is 4. The highest BCUT2D eigenvalue weighted by molar-refractivity contribution is 5.99. The second-order valence-corrected chi connectivity index (χ2v) is 6.19. The zero-order valence-electron chi connectivity index (χ0n) is 13.9. The van der Waals surface area contributed by atoms with Crippen LogP contribution in [0.25, 0.3) is 11.5 Å². The minimum Gasteiger partial charge on any atom is -0.418 e. The van der Waals surface area contributed by atoms with Crippen LogP contribution in [-0.4, -0.2) is 21.0 Å². The van der Waals surface area contributed by atoms with E-state index in [1.165, 1.54) is 19.1 Å². The van der Waals surface area contributed by atoms with E-state index in [0.717, 1.165) is 5.56 Å². The number of carbonyl (C=O) groups is 1. The Morgan fingerprint density at radius 3 is 2.69 bits per heavy atom. The summed E-state index contributed by atoms with van der Waals surface area (Å²) in [4.78, 5) is 14.3. The van der Waals surface area contributed by atoms with Crippen molar-refractivity contribution in [2.75, 3.05) is 0 Å². The third-order valence-corrected chi connectivity index (χ3v) is 4.31. The fourth-order valence-corrected chi connectivity index (χ4v) is 2.99. The van der Waals surface area contributed by atoms with Crippen LogP contribution in [0.2, 0.25) is 0 Å². The largest absolute Gasteiger partial charge is 0.418 e. The summed E-state index contributed by atoms with van der Waals surface area (Å²) >= 11 is 0. The standard InChI is InChI=1S/C19H15F2N3O2/c1-11(20)17-22-23-18(26-17)13-7-14-15(16(21)8-13)10-24(19(14)25)9-12-5-3-2-4-6-12/h2-8,11H,9-10H2,1H3. The van der Waals surface area contributed by atoms with Gasteiger partial charge >= 0.3 is 0 Å². The minimum absolute atomic E-state index is 0.0134. The number of alkyl halides is 1. The third-order valence-electron chi connectivity index (χ3n) is 4.31. The van der Waals surface area contributed by atoms with E-state index >= 15 is 0 Å². The number of carbonyl (C=O) groups excluding carboxylic acids is 1. The number of amides is 1. The van der Waals surface area contributed by atoms with Crippen LogP contribution in [0.3, 0.4) is 0 Å². The van der Waals surface area contributed by atoms with E-state index in [4.69, 9.17) is 4.42 Å². The highest BCUT2D eigenvalue weighted by Crippen LogP contribution is 2.32. The van der Waals surface area contributed by atoms with Crippen molar-refractivity contribution in [3.8, 4) is 11.5 Å². The molecule has 1 aliphatic rings. The molecule has 1 aromatic heterocycles. The Labute approximate surface area is 148 Å². The summed E-state index contributed by atoms with van der Waals surface area (Å²) in [6, 6.07) is 12.3. The molecule has 132 valence electrons. The Morgan fingerprint density at radius 2 is 2.00 bits per heavy atom. The topological polar surface area (TPSA) is 59.2 Å². The van der Waals surface area contributed by atoms with Crippen LogP contribution < -0.4 is 0 Å². The molecule has 1 unspecified atom stereocenters. The number of nitrogens with zero attached hydrogens (tertiary/aromatic N) is 3. The fraction of sp³-hybridized carbons (Fsp3) is 0.211. The Balaban J connectivity index is 1.65. The van der Waals surface area contributed by atoms with E-state index in [9.17, 15) is 13.6 Å². The predicted octanol–water partition coefficient (Wildman–Crippen LogP) is 4.06. The summed E-state index contributed by atoms with van der Waals surface area (Å²) in [5, 5.41) is 7.33. The van der Waals surface area contributed by atoms with Gasteiger partial charge in [-0.3, -0.25) is 4.79 Å².